The molecule has 2 fully saturated rings. The van der Waals surface area contributed by atoms with Crippen molar-refractivity contribution in [2.24, 2.45) is 12.5 Å². The number of carbonyl (C=O) groups is 1. The molecule has 0 saturated carbocycles. The first-order valence-electron chi connectivity index (χ1n) is 7.27. The van der Waals surface area contributed by atoms with E-state index >= 15 is 0 Å². The molecule has 2 saturated heterocycles. The van der Waals surface area contributed by atoms with Crippen LogP contribution in [0.25, 0.3) is 0 Å². The average Bonchev–Trinajstić information content (AvgIpc) is 2.81. The van der Waals surface area contributed by atoms with Crippen molar-refractivity contribution in [2.45, 2.75) is 13.5 Å². The van der Waals surface area contributed by atoms with Crippen molar-refractivity contribution in [3.8, 4) is 0 Å². The van der Waals surface area contributed by atoms with Crippen LogP contribution in [0.3, 0.4) is 0 Å². The smallest absolute Gasteiger partial charge is 0.231 e. The minimum atomic E-state index is -0.161. The maximum atomic E-state index is 12.4. The summed E-state index contributed by atoms with van der Waals surface area (Å²) < 4.78 is 1.83. The molecule has 2 aliphatic heterocycles. The molecule has 0 bridgehead atoms. The molecule has 20 heavy (non-hydrogen) atoms. The van der Waals surface area contributed by atoms with Crippen LogP contribution in [0.15, 0.2) is 12.4 Å². The number of piperazine rings is 1. The van der Waals surface area contributed by atoms with Crippen molar-refractivity contribution in [2.75, 3.05) is 39.3 Å². The molecular weight excluding hydrogens is 254 g/mol. The maximum absolute atomic E-state index is 12.4. The minimum Gasteiger partial charge on any atom is -0.340 e. The Labute approximate surface area is 119 Å². The van der Waals surface area contributed by atoms with E-state index in [2.05, 4.69) is 28.4 Å². The van der Waals surface area contributed by atoms with Crippen LogP contribution in [0.5, 0.6) is 0 Å². The van der Waals surface area contributed by atoms with E-state index < -0.39 is 0 Å². The summed E-state index contributed by atoms with van der Waals surface area (Å²) in [6.45, 7) is 8.21. The predicted molar refractivity (Wildman–Crippen MR) is 76.0 cm³/mol. The Morgan fingerprint density at radius 3 is 2.55 bits per heavy atom. The topological polar surface area (TPSA) is 53.4 Å². The van der Waals surface area contributed by atoms with E-state index in [1.165, 1.54) is 5.56 Å². The minimum absolute atomic E-state index is 0.161. The number of carbonyl (C=O) groups excluding carboxylic acids is 1. The summed E-state index contributed by atoms with van der Waals surface area (Å²) in [5, 5.41) is 7.39. The molecule has 0 aliphatic carbocycles. The molecule has 2 aliphatic rings. The molecular formula is C14H23N5O. The van der Waals surface area contributed by atoms with Crippen molar-refractivity contribution in [3.05, 3.63) is 18.0 Å². The molecule has 1 aromatic heterocycles. The number of aryl methyl sites for hydroxylation is 1. The Morgan fingerprint density at radius 2 is 2.05 bits per heavy atom. The molecule has 0 radical (unpaired) electrons. The van der Waals surface area contributed by atoms with E-state index in [0.29, 0.717) is 5.91 Å². The molecule has 1 aromatic rings. The number of amides is 1. The second-order valence-electron chi connectivity index (χ2n) is 6.25. The molecule has 3 heterocycles. The molecule has 110 valence electrons. The number of nitrogens with zero attached hydrogens (tertiary/aromatic N) is 4. The predicted octanol–water partition coefficient (Wildman–Crippen LogP) is -0.326. The van der Waals surface area contributed by atoms with Crippen molar-refractivity contribution < 1.29 is 4.79 Å². The standard InChI is InChI=1S/C14H23N5O/c1-14(10-15-11-14)13(20)19-5-3-18(4-6-19)9-12-7-16-17(2)8-12/h7-8,15H,3-6,9-11H2,1-2H3. The lowest BCUT2D eigenvalue weighted by atomic mass is 9.82. The van der Waals surface area contributed by atoms with Gasteiger partial charge in [0.2, 0.25) is 5.91 Å². The third-order valence-corrected chi connectivity index (χ3v) is 4.37. The number of aromatic nitrogens is 2. The van der Waals surface area contributed by atoms with Gasteiger partial charge in [-0.1, -0.05) is 0 Å². The first-order valence-corrected chi connectivity index (χ1v) is 7.27. The SMILES string of the molecule is Cn1cc(CN2CCN(C(=O)C3(C)CNC3)CC2)cn1. The van der Waals surface area contributed by atoms with Gasteiger partial charge >= 0.3 is 0 Å². The van der Waals surface area contributed by atoms with Gasteiger partial charge < -0.3 is 10.2 Å². The van der Waals surface area contributed by atoms with Crippen molar-refractivity contribution in [3.63, 3.8) is 0 Å². The van der Waals surface area contributed by atoms with E-state index in [-0.39, 0.29) is 5.41 Å². The lowest BCUT2D eigenvalue weighted by molar-refractivity contribution is -0.145. The van der Waals surface area contributed by atoms with Crippen molar-refractivity contribution in [1.29, 1.82) is 0 Å². The van der Waals surface area contributed by atoms with Crippen LogP contribution < -0.4 is 5.32 Å². The normalized spacial score (nSPS) is 22.6. The highest BCUT2D eigenvalue weighted by Crippen LogP contribution is 2.25. The van der Waals surface area contributed by atoms with E-state index in [4.69, 9.17) is 0 Å². The monoisotopic (exact) mass is 277 g/mol. The second kappa shape index (κ2) is 5.18. The zero-order valence-corrected chi connectivity index (χ0v) is 12.3. The summed E-state index contributed by atoms with van der Waals surface area (Å²) in [5.41, 5.74) is 1.08. The Morgan fingerprint density at radius 1 is 1.35 bits per heavy atom. The Kier molecular flexibility index (Phi) is 3.52. The van der Waals surface area contributed by atoms with Gasteiger partial charge in [-0.25, -0.2) is 0 Å². The van der Waals surface area contributed by atoms with Gasteiger partial charge in [0.15, 0.2) is 0 Å². The van der Waals surface area contributed by atoms with Gasteiger partial charge in [0.05, 0.1) is 11.6 Å². The summed E-state index contributed by atoms with van der Waals surface area (Å²) in [6.07, 6.45) is 3.97. The first-order chi connectivity index (χ1) is 9.57. The van der Waals surface area contributed by atoms with Gasteiger partial charge in [-0.05, 0) is 6.92 Å². The van der Waals surface area contributed by atoms with E-state index in [9.17, 15) is 4.79 Å². The van der Waals surface area contributed by atoms with Crippen LogP contribution in [0.4, 0.5) is 0 Å². The summed E-state index contributed by atoms with van der Waals surface area (Å²) in [7, 11) is 1.94. The highest BCUT2D eigenvalue weighted by molar-refractivity contribution is 5.84. The fraction of sp³-hybridized carbons (Fsp3) is 0.714. The maximum Gasteiger partial charge on any atom is 0.231 e. The molecule has 0 atom stereocenters. The van der Waals surface area contributed by atoms with Crippen LogP contribution in [-0.2, 0) is 18.4 Å². The number of rotatable bonds is 3. The fourth-order valence-corrected chi connectivity index (χ4v) is 2.95. The summed E-state index contributed by atoms with van der Waals surface area (Å²) in [6, 6.07) is 0. The average molecular weight is 277 g/mol. The lowest BCUT2D eigenvalue weighted by Crippen LogP contribution is -2.62. The third kappa shape index (κ3) is 2.58. The summed E-state index contributed by atoms with van der Waals surface area (Å²) >= 11 is 0. The van der Waals surface area contributed by atoms with Gasteiger partial charge in [-0.2, -0.15) is 5.10 Å². The Balaban J connectivity index is 1.50. The van der Waals surface area contributed by atoms with Gasteiger partial charge in [0.1, 0.15) is 0 Å². The molecule has 6 nitrogen and oxygen atoms in total. The number of hydrogen-bond acceptors (Lipinski definition) is 4. The Hall–Kier alpha value is -1.40. The van der Waals surface area contributed by atoms with E-state index in [1.54, 1.807) is 0 Å². The van der Waals surface area contributed by atoms with Gasteiger partial charge in [0, 0.05) is 64.6 Å². The largest absolute Gasteiger partial charge is 0.340 e. The molecule has 0 unspecified atom stereocenters. The fourth-order valence-electron chi connectivity index (χ4n) is 2.95. The zero-order valence-electron chi connectivity index (χ0n) is 12.3. The quantitative estimate of drug-likeness (QED) is 0.822. The van der Waals surface area contributed by atoms with E-state index in [1.807, 2.05) is 22.8 Å². The summed E-state index contributed by atoms with van der Waals surface area (Å²) in [5.74, 6) is 0.317. The third-order valence-electron chi connectivity index (χ3n) is 4.37. The number of nitrogens with one attached hydrogen (secondary N) is 1. The molecule has 6 heteroatoms. The van der Waals surface area contributed by atoms with Crippen molar-refractivity contribution in [1.82, 2.24) is 24.9 Å². The molecule has 1 N–H and O–H groups in total. The zero-order chi connectivity index (χ0) is 14.2. The van der Waals surface area contributed by atoms with Crippen molar-refractivity contribution >= 4 is 5.91 Å². The lowest BCUT2D eigenvalue weighted by Gasteiger charge is -2.44. The highest BCUT2D eigenvalue weighted by Gasteiger charge is 2.42. The van der Waals surface area contributed by atoms with Crippen LogP contribution in [0, 0.1) is 5.41 Å². The second-order valence-corrected chi connectivity index (χ2v) is 6.25. The van der Waals surface area contributed by atoms with Gasteiger partial charge in [-0.15, -0.1) is 0 Å². The molecule has 0 aromatic carbocycles. The van der Waals surface area contributed by atoms with Crippen LogP contribution in [0.1, 0.15) is 12.5 Å². The van der Waals surface area contributed by atoms with Crippen LogP contribution >= 0.6 is 0 Å². The van der Waals surface area contributed by atoms with Crippen LogP contribution in [0.2, 0.25) is 0 Å². The van der Waals surface area contributed by atoms with Gasteiger partial charge in [-0.3, -0.25) is 14.4 Å². The van der Waals surface area contributed by atoms with Gasteiger partial charge in [0.25, 0.3) is 0 Å². The molecule has 3 rings (SSSR count). The molecule has 0 spiro atoms. The molecule has 1 amide bonds. The van der Waals surface area contributed by atoms with E-state index in [0.717, 1.165) is 45.8 Å². The Bertz CT molecular complexity index is 486. The summed E-state index contributed by atoms with van der Waals surface area (Å²) in [4.78, 5) is 16.8. The first kappa shape index (κ1) is 13.6. The number of hydrogen-bond donors (Lipinski definition) is 1. The highest BCUT2D eigenvalue weighted by atomic mass is 16.2. The van der Waals surface area contributed by atoms with Crippen LogP contribution in [-0.4, -0.2) is 64.8 Å².